The Hall–Kier alpha value is -0.890. The Morgan fingerprint density at radius 3 is 1.78 bits per heavy atom. The van der Waals surface area contributed by atoms with Crippen LogP contribution in [-0.4, -0.2) is 232 Å². The van der Waals surface area contributed by atoms with Gasteiger partial charge < -0.3 is 98.4 Å². The second kappa shape index (κ2) is 16.1. The zero-order valence-electron chi connectivity index (χ0n) is 26.6. The van der Waals surface area contributed by atoms with Gasteiger partial charge in [0.15, 0.2) is 25.2 Å². The SMILES string of the molecule is O=S(=O)(O)CC(O)CO[C@@H]1[C@H](O[C@@H]2[C@@H](O)[C@H](O[C@@H]3[C@H]4OC[C@@H]3O[C@@H](O)[C@H]4O)O[C@H](CO)[C@H]2O)O[C@H]2CO[C@H]1[C@H]2O[C@@H]1O[C@H](CO)[C@H](O)[C@H](O)[C@H]1O. The van der Waals surface area contributed by atoms with Crippen LogP contribution in [0.15, 0.2) is 0 Å². The predicted octanol–water partition coefficient (Wildman–Crippen LogP) is -8.38. The molecule has 0 saturated carbocycles. The van der Waals surface area contributed by atoms with E-state index in [1.807, 2.05) is 0 Å². The first-order valence-corrected chi connectivity index (χ1v) is 17.8. The van der Waals surface area contributed by atoms with Crippen LogP contribution < -0.4 is 0 Å². The molecule has 0 aromatic carbocycles. The van der Waals surface area contributed by atoms with Crippen LogP contribution in [-0.2, 0) is 57.5 Å². The van der Waals surface area contributed by atoms with E-state index in [9.17, 15) is 59.5 Å². The fourth-order valence-corrected chi connectivity index (χ4v) is 7.53. The maximum absolute atomic E-state index is 11.4. The van der Waals surface area contributed by atoms with Crippen molar-refractivity contribution in [3.8, 4) is 0 Å². The summed E-state index contributed by atoms with van der Waals surface area (Å²) in [7, 11) is -4.65. The number of aliphatic hydroxyl groups is 10. The monoisotopic (exact) mass is 768 g/mol. The molecule has 6 aliphatic heterocycles. The summed E-state index contributed by atoms with van der Waals surface area (Å²) in [6, 6.07) is 0. The molecular weight excluding hydrogens is 724 g/mol. The molecule has 296 valence electrons. The van der Waals surface area contributed by atoms with Gasteiger partial charge in [-0.05, 0) is 0 Å². The molecule has 6 aliphatic rings. The molecule has 0 spiro atoms. The van der Waals surface area contributed by atoms with Crippen molar-refractivity contribution in [3.05, 3.63) is 0 Å². The van der Waals surface area contributed by atoms with Crippen LogP contribution >= 0.6 is 0 Å². The Kier molecular flexibility index (Phi) is 12.5. The van der Waals surface area contributed by atoms with E-state index in [4.69, 9.17) is 51.9 Å². The van der Waals surface area contributed by atoms with Crippen LogP contribution in [0.2, 0.25) is 0 Å². The predicted molar refractivity (Wildman–Crippen MR) is 153 cm³/mol. The van der Waals surface area contributed by atoms with Gasteiger partial charge in [0.25, 0.3) is 10.1 Å². The van der Waals surface area contributed by atoms with Gasteiger partial charge in [0.1, 0.15) is 103 Å². The third-order valence-corrected chi connectivity index (χ3v) is 10.4. The number of aliphatic hydroxyl groups excluding tert-OH is 10. The maximum atomic E-state index is 11.4. The fourth-order valence-electron chi connectivity index (χ4n) is 6.95. The lowest BCUT2D eigenvalue weighted by molar-refractivity contribution is -0.374. The Morgan fingerprint density at radius 2 is 1.16 bits per heavy atom. The van der Waals surface area contributed by atoms with Crippen LogP contribution in [0.1, 0.15) is 0 Å². The van der Waals surface area contributed by atoms with Crippen LogP contribution in [0.25, 0.3) is 0 Å². The third-order valence-electron chi connectivity index (χ3n) is 9.56. The highest BCUT2D eigenvalue weighted by Crippen LogP contribution is 2.39. The van der Waals surface area contributed by atoms with Crippen LogP contribution in [0.5, 0.6) is 0 Å². The van der Waals surface area contributed by atoms with Gasteiger partial charge in [-0.15, -0.1) is 0 Å². The van der Waals surface area contributed by atoms with Crippen molar-refractivity contribution >= 4 is 10.1 Å². The molecule has 6 heterocycles. The minimum Gasteiger partial charge on any atom is -0.394 e. The largest absolute Gasteiger partial charge is 0.394 e. The molecule has 11 N–H and O–H groups in total. The van der Waals surface area contributed by atoms with Crippen LogP contribution in [0, 0.1) is 0 Å². The van der Waals surface area contributed by atoms with Gasteiger partial charge in [0.05, 0.1) is 39.1 Å². The van der Waals surface area contributed by atoms with Crippen molar-refractivity contribution in [1.29, 1.82) is 0 Å². The Labute approximate surface area is 289 Å². The number of ether oxygens (including phenoxy) is 10. The molecule has 0 aromatic heterocycles. The van der Waals surface area contributed by atoms with Gasteiger partial charge in [-0.3, -0.25) is 4.55 Å². The second-order valence-electron chi connectivity index (χ2n) is 13.1. The van der Waals surface area contributed by atoms with Crippen molar-refractivity contribution in [2.24, 2.45) is 0 Å². The molecular formula is C27H44O23S. The zero-order valence-corrected chi connectivity index (χ0v) is 27.4. The Balaban J connectivity index is 1.21. The molecule has 6 rings (SSSR count). The van der Waals surface area contributed by atoms with Crippen molar-refractivity contribution in [1.82, 2.24) is 0 Å². The quantitative estimate of drug-likeness (QED) is 0.0775. The number of fused-ring (bicyclic) bond motifs is 4. The molecule has 4 bridgehead atoms. The standard InChI is InChI=1S/C27H44O23S/c28-1-8-12(31)14(33)15(34)25(45-8)49-19-11-5-43-22(19)23(41-3-7(30)6-51(38,39)40)27(47-11)50-20-13(32)9(2-29)46-26(17(20)36)48-18-10-4-42-21(18)16(35)24(37)44-10/h7-37H,1-6H2,(H,38,39,40)/t7?,8-,9-,10+,11+,12+,13-,14+,15-,16+,17-,18+,19+,20+,21+,22+,23+,24-,25+,26+,27+/m1/s1. The summed E-state index contributed by atoms with van der Waals surface area (Å²) >= 11 is 0. The van der Waals surface area contributed by atoms with Crippen molar-refractivity contribution < 1.29 is 111 Å². The Bertz CT molecular complexity index is 1260. The van der Waals surface area contributed by atoms with E-state index in [1.54, 1.807) is 0 Å². The van der Waals surface area contributed by atoms with Crippen LogP contribution in [0.4, 0.5) is 0 Å². The molecule has 6 saturated heterocycles. The fraction of sp³-hybridized carbons (Fsp3) is 1.00. The first kappa shape index (κ1) is 39.8. The highest BCUT2D eigenvalue weighted by molar-refractivity contribution is 7.85. The van der Waals surface area contributed by atoms with Gasteiger partial charge in [0, 0.05) is 0 Å². The topological polar surface area (TPSA) is 349 Å². The lowest BCUT2D eigenvalue weighted by atomic mass is 9.96. The van der Waals surface area contributed by atoms with E-state index < -0.39 is 165 Å². The summed E-state index contributed by atoms with van der Waals surface area (Å²) in [6.07, 6.45) is -31.1. The summed E-state index contributed by atoms with van der Waals surface area (Å²) in [5.41, 5.74) is 0. The first-order chi connectivity index (χ1) is 24.1. The smallest absolute Gasteiger partial charge is 0.267 e. The molecule has 1 unspecified atom stereocenters. The van der Waals surface area contributed by atoms with E-state index in [-0.39, 0.29) is 13.2 Å². The molecule has 0 aliphatic carbocycles. The molecule has 24 heteroatoms. The summed E-state index contributed by atoms with van der Waals surface area (Å²) < 4.78 is 89.0. The van der Waals surface area contributed by atoms with Crippen molar-refractivity contribution in [2.75, 3.05) is 38.8 Å². The molecule has 21 atom stereocenters. The number of hydrogen-bond acceptors (Lipinski definition) is 22. The van der Waals surface area contributed by atoms with E-state index in [1.165, 1.54) is 0 Å². The van der Waals surface area contributed by atoms with Gasteiger partial charge in [-0.1, -0.05) is 0 Å². The first-order valence-electron chi connectivity index (χ1n) is 16.2. The minimum atomic E-state index is -4.65. The van der Waals surface area contributed by atoms with E-state index in [0.29, 0.717) is 0 Å². The number of rotatable bonds is 13. The zero-order chi connectivity index (χ0) is 36.9. The average Bonchev–Trinajstić information content (AvgIpc) is 3.54. The normalized spacial score (nSPS) is 50.7. The molecule has 23 nitrogen and oxygen atoms in total. The van der Waals surface area contributed by atoms with Gasteiger partial charge >= 0.3 is 0 Å². The summed E-state index contributed by atoms with van der Waals surface area (Å²) in [6.45, 7) is -2.61. The molecule has 51 heavy (non-hydrogen) atoms. The lowest BCUT2D eigenvalue weighted by Crippen LogP contribution is -2.66. The van der Waals surface area contributed by atoms with Gasteiger partial charge in [0.2, 0.25) is 0 Å². The van der Waals surface area contributed by atoms with Gasteiger partial charge in [-0.25, -0.2) is 0 Å². The minimum absolute atomic E-state index is 0.0776. The highest BCUT2D eigenvalue weighted by Gasteiger charge is 2.59. The Morgan fingerprint density at radius 1 is 0.608 bits per heavy atom. The molecule has 0 aromatic rings. The van der Waals surface area contributed by atoms with Crippen molar-refractivity contribution in [3.63, 3.8) is 0 Å². The summed E-state index contributed by atoms with van der Waals surface area (Å²) in [5.74, 6) is -1.12. The summed E-state index contributed by atoms with van der Waals surface area (Å²) in [5, 5.41) is 103. The van der Waals surface area contributed by atoms with E-state index >= 15 is 0 Å². The maximum Gasteiger partial charge on any atom is 0.267 e. The van der Waals surface area contributed by atoms with Crippen molar-refractivity contribution in [2.45, 2.75) is 129 Å². The molecule has 0 radical (unpaired) electrons. The summed E-state index contributed by atoms with van der Waals surface area (Å²) in [4.78, 5) is 0. The van der Waals surface area contributed by atoms with Gasteiger partial charge in [-0.2, -0.15) is 8.42 Å². The average molecular weight is 769 g/mol. The van der Waals surface area contributed by atoms with E-state index in [2.05, 4.69) is 0 Å². The lowest BCUT2D eigenvalue weighted by Gasteiger charge is -2.47. The number of hydrogen-bond donors (Lipinski definition) is 11. The molecule has 0 amide bonds. The van der Waals surface area contributed by atoms with E-state index in [0.717, 1.165) is 0 Å². The molecule has 6 fully saturated rings. The van der Waals surface area contributed by atoms with Crippen LogP contribution in [0.3, 0.4) is 0 Å². The third kappa shape index (κ3) is 8.23. The highest BCUT2D eigenvalue weighted by atomic mass is 32.2. The second-order valence-corrected chi connectivity index (χ2v) is 14.6.